The Bertz CT molecular complexity index is 1070. The maximum Gasteiger partial charge on any atom is 0.433 e. The zero-order valence-electron chi connectivity index (χ0n) is 17.5. The monoisotopic (exact) mass is 472 g/mol. The summed E-state index contributed by atoms with van der Waals surface area (Å²) in [6.45, 7) is 0.0538. The molecule has 10 heteroatoms. The first-order valence-corrected chi connectivity index (χ1v) is 10.0. The third-order valence-electron chi connectivity index (χ3n) is 5.12. The van der Waals surface area contributed by atoms with Crippen molar-refractivity contribution in [2.24, 2.45) is 0 Å². The highest BCUT2D eigenvalue weighted by Gasteiger charge is 2.38. The first-order valence-electron chi connectivity index (χ1n) is 10.0. The minimum absolute atomic E-state index is 0.196. The van der Waals surface area contributed by atoms with Crippen LogP contribution in [0.15, 0.2) is 54.6 Å². The Morgan fingerprint density at radius 1 is 0.970 bits per heavy atom. The number of alkyl halides is 6. The summed E-state index contributed by atoms with van der Waals surface area (Å²) in [6, 6.07) is 12.6. The van der Waals surface area contributed by atoms with Crippen molar-refractivity contribution < 1.29 is 36.2 Å². The van der Waals surface area contributed by atoms with Crippen LogP contribution in [0.3, 0.4) is 0 Å². The maximum atomic E-state index is 13.4. The second kappa shape index (κ2) is 10.1. The molecule has 1 heterocycles. The maximum absolute atomic E-state index is 13.4. The van der Waals surface area contributed by atoms with E-state index in [4.69, 9.17) is 4.74 Å². The largest absolute Gasteiger partial charge is 0.433 e. The number of aliphatic hydroxyl groups is 1. The molecule has 0 bridgehead atoms. The van der Waals surface area contributed by atoms with Gasteiger partial charge >= 0.3 is 12.4 Å². The van der Waals surface area contributed by atoms with Crippen LogP contribution >= 0.6 is 0 Å². The molecule has 0 aliphatic rings. The predicted molar refractivity (Wildman–Crippen MR) is 111 cm³/mol. The fraction of sp³-hybridized carbons (Fsp3) is 0.348. The second-order valence-corrected chi connectivity index (χ2v) is 7.56. The number of hydrogen-bond donors (Lipinski definition) is 2. The minimum atomic E-state index is -4.99. The third-order valence-corrected chi connectivity index (χ3v) is 5.12. The van der Waals surface area contributed by atoms with Crippen molar-refractivity contribution in [3.8, 4) is 0 Å². The molecule has 1 aromatic heterocycles. The number of fused-ring (bicyclic) bond motifs is 1. The Morgan fingerprint density at radius 2 is 1.67 bits per heavy atom. The average molecular weight is 472 g/mol. The number of para-hydroxylation sites is 1. The van der Waals surface area contributed by atoms with E-state index >= 15 is 0 Å². The fourth-order valence-electron chi connectivity index (χ4n) is 3.60. The highest BCUT2D eigenvalue weighted by molar-refractivity contribution is 5.86. The molecule has 0 aliphatic heterocycles. The van der Waals surface area contributed by atoms with Crippen molar-refractivity contribution in [1.82, 2.24) is 10.3 Å². The number of aliphatic hydroxyl groups excluding tert-OH is 1. The van der Waals surface area contributed by atoms with E-state index in [0.717, 1.165) is 11.6 Å². The Labute approximate surface area is 186 Å². The highest BCUT2D eigenvalue weighted by atomic mass is 19.4. The molecule has 4 nitrogen and oxygen atoms in total. The summed E-state index contributed by atoms with van der Waals surface area (Å²) in [7, 11) is 1.49. The number of pyridine rings is 1. The van der Waals surface area contributed by atoms with Gasteiger partial charge in [0.15, 0.2) is 0 Å². The Morgan fingerprint density at radius 3 is 2.27 bits per heavy atom. The number of benzene rings is 2. The van der Waals surface area contributed by atoms with E-state index in [1.807, 2.05) is 30.3 Å². The first-order chi connectivity index (χ1) is 15.5. The van der Waals surface area contributed by atoms with Crippen LogP contribution in [-0.4, -0.2) is 36.4 Å². The van der Waals surface area contributed by atoms with Gasteiger partial charge in [-0.25, -0.2) is 4.98 Å². The molecule has 0 aliphatic carbocycles. The second-order valence-electron chi connectivity index (χ2n) is 7.56. The minimum Gasteiger partial charge on any atom is -0.387 e. The molecule has 0 radical (unpaired) electrons. The number of nitrogens with one attached hydrogen (secondary N) is 1. The molecule has 2 atom stereocenters. The molecule has 0 saturated heterocycles. The van der Waals surface area contributed by atoms with E-state index in [9.17, 15) is 31.4 Å². The lowest BCUT2D eigenvalue weighted by atomic mass is 9.99. The Hall–Kier alpha value is -2.69. The molecule has 3 aromatic rings. The van der Waals surface area contributed by atoms with Crippen molar-refractivity contribution in [2.75, 3.05) is 20.3 Å². The number of rotatable bonds is 8. The van der Waals surface area contributed by atoms with Gasteiger partial charge in [-0.3, -0.25) is 0 Å². The molecule has 0 spiro atoms. The quantitative estimate of drug-likeness (QED) is 0.445. The molecule has 0 unspecified atom stereocenters. The molecular weight excluding hydrogens is 450 g/mol. The topological polar surface area (TPSA) is 54.4 Å². The lowest BCUT2D eigenvalue weighted by molar-refractivity contribution is -0.142. The lowest BCUT2D eigenvalue weighted by Crippen LogP contribution is -2.38. The van der Waals surface area contributed by atoms with Crippen LogP contribution in [0.25, 0.3) is 10.9 Å². The van der Waals surface area contributed by atoms with Gasteiger partial charge in [-0.05, 0) is 29.7 Å². The van der Waals surface area contributed by atoms with Crippen LogP contribution in [0.5, 0.6) is 0 Å². The van der Waals surface area contributed by atoms with Gasteiger partial charge in [0.2, 0.25) is 0 Å². The van der Waals surface area contributed by atoms with Crippen LogP contribution in [0.2, 0.25) is 0 Å². The van der Waals surface area contributed by atoms with E-state index < -0.39 is 35.2 Å². The van der Waals surface area contributed by atoms with Gasteiger partial charge in [0.05, 0.1) is 23.8 Å². The molecule has 0 amide bonds. The molecular formula is C23H22F6N2O2. The number of aromatic nitrogens is 1. The van der Waals surface area contributed by atoms with Crippen molar-refractivity contribution in [3.05, 3.63) is 77.0 Å². The SMILES string of the molecule is COC[C@H](Cc1ccccc1)NC[C@H](O)c1cc(C(F)(F)F)nc2c(C(F)(F)F)cccc12. The van der Waals surface area contributed by atoms with Crippen molar-refractivity contribution in [2.45, 2.75) is 30.9 Å². The number of halogens is 6. The fourth-order valence-corrected chi connectivity index (χ4v) is 3.60. The van der Waals surface area contributed by atoms with E-state index in [1.54, 1.807) is 0 Å². The predicted octanol–water partition coefficient (Wildman–Crippen LogP) is 5.15. The number of nitrogens with zero attached hydrogens (tertiary/aromatic N) is 1. The molecule has 0 saturated carbocycles. The summed E-state index contributed by atoms with van der Waals surface area (Å²) in [6.07, 6.45) is -10.9. The van der Waals surface area contributed by atoms with Crippen LogP contribution in [0.4, 0.5) is 26.3 Å². The van der Waals surface area contributed by atoms with Gasteiger partial charge in [0, 0.05) is 25.1 Å². The summed E-state index contributed by atoms with van der Waals surface area (Å²) in [5.74, 6) is 0. The molecule has 0 fully saturated rings. The van der Waals surface area contributed by atoms with Gasteiger partial charge in [-0.15, -0.1) is 0 Å². The van der Waals surface area contributed by atoms with E-state index in [0.29, 0.717) is 18.6 Å². The number of methoxy groups -OCH3 is 1. The van der Waals surface area contributed by atoms with Crippen molar-refractivity contribution >= 4 is 10.9 Å². The van der Waals surface area contributed by atoms with Crippen molar-refractivity contribution in [1.29, 1.82) is 0 Å². The Balaban J connectivity index is 1.94. The van der Waals surface area contributed by atoms with Crippen LogP contribution in [0.1, 0.15) is 28.5 Å². The molecule has 2 aromatic carbocycles. The molecule has 2 N–H and O–H groups in total. The van der Waals surface area contributed by atoms with Gasteiger partial charge in [0.25, 0.3) is 0 Å². The zero-order chi connectivity index (χ0) is 24.2. The average Bonchev–Trinajstić information content (AvgIpc) is 2.75. The van der Waals surface area contributed by atoms with Crippen LogP contribution < -0.4 is 5.32 Å². The summed E-state index contributed by atoms with van der Waals surface area (Å²) in [5, 5.41) is 13.5. The normalized spacial score (nSPS) is 14.4. The van der Waals surface area contributed by atoms with E-state index in [1.165, 1.54) is 13.2 Å². The standard InChI is InChI=1S/C23H22F6N2O2/c1-33-13-15(10-14-6-3-2-4-7-14)30-12-19(32)17-11-20(23(27,28)29)31-21-16(17)8-5-9-18(21)22(24,25)26/h2-9,11,15,19,30,32H,10,12-13H2,1H3/t15-,19-/m0/s1. The van der Waals surface area contributed by atoms with Crippen LogP contribution in [0, 0.1) is 0 Å². The highest BCUT2D eigenvalue weighted by Crippen LogP contribution is 2.38. The molecule has 178 valence electrons. The van der Waals surface area contributed by atoms with Gasteiger partial charge < -0.3 is 15.2 Å². The van der Waals surface area contributed by atoms with E-state index in [-0.39, 0.29) is 30.1 Å². The third kappa shape index (κ3) is 6.21. The van der Waals surface area contributed by atoms with Crippen molar-refractivity contribution in [3.63, 3.8) is 0 Å². The van der Waals surface area contributed by atoms with Gasteiger partial charge in [-0.2, -0.15) is 26.3 Å². The van der Waals surface area contributed by atoms with Gasteiger partial charge in [-0.1, -0.05) is 42.5 Å². The lowest BCUT2D eigenvalue weighted by Gasteiger charge is -2.22. The number of ether oxygens (including phenoxy) is 1. The van der Waals surface area contributed by atoms with E-state index in [2.05, 4.69) is 10.3 Å². The van der Waals surface area contributed by atoms with Crippen LogP contribution in [-0.2, 0) is 23.5 Å². The zero-order valence-corrected chi connectivity index (χ0v) is 17.5. The molecule has 33 heavy (non-hydrogen) atoms. The van der Waals surface area contributed by atoms with Gasteiger partial charge in [0.1, 0.15) is 5.69 Å². The smallest absolute Gasteiger partial charge is 0.387 e. The summed E-state index contributed by atoms with van der Waals surface area (Å²) >= 11 is 0. The number of hydrogen-bond acceptors (Lipinski definition) is 4. The molecule has 3 rings (SSSR count). The summed E-state index contributed by atoms with van der Waals surface area (Å²) in [4.78, 5) is 3.24. The summed E-state index contributed by atoms with van der Waals surface area (Å²) < 4.78 is 85.6. The Kier molecular flexibility index (Phi) is 7.61. The summed E-state index contributed by atoms with van der Waals surface area (Å²) in [5.41, 5.74) is -2.97. The first kappa shape index (κ1) is 24.9.